The molecule has 0 spiro atoms. The van der Waals surface area contributed by atoms with Gasteiger partial charge in [0.2, 0.25) is 0 Å². The summed E-state index contributed by atoms with van der Waals surface area (Å²) in [5.41, 5.74) is 3.93. The Bertz CT molecular complexity index is 1090. The fraction of sp³-hybridized carbons (Fsp3) is 0.0455. The number of rotatable bonds is 6. The molecule has 1 N–H and O–H groups in total. The van der Waals surface area contributed by atoms with Crippen molar-refractivity contribution in [3.05, 3.63) is 98.4 Å². The van der Waals surface area contributed by atoms with Gasteiger partial charge in [-0.2, -0.15) is 10.4 Å². The average molecular weight is 499 g/mol. The zero-order valence-electron chi connectivity index (χ0n) is 15.1. The first-order valence-corrected chi connectivity index (χ1v) is 9.64. The Morgan fingerprint density at radius 2 is 1.93 bits per heavy atom. The van der Waals surface area contributed by atoms with Crippen molar-refractivity contribution in [3.63, 3.8) is 0 Å². The Morgan fingerprint density at radius 3 is 2.66 bits per heavy atom. The minimum atomic E-state index is -0.780. The highest BCUT2D eigenvalue weighted by Gasteiger charge is 2.11. The largest absolute Gasteiger partial charge is 0.488 e. The first kappa shape index (κ1) is 20.5. The summed E-state index contributed by atoms with van der Waals surface area (Å²) in [4.78, 5) is 12.1. The summed E-state index contributed by atoms with van der Waals surface area (Å²) in [6.45, 7) is 0.393. The zero-order valence-corrected chi connectivity index (χ0v) is 17.3. The van der Waals surface area contributed by atoms with E-state index >= 15 is 0 Å². The zero-order chi connectivity index (χ0) is 20.6. The van der Waals surface area contributed by atoms with E-state index in [-0.39, 0.29) is 11.1 Å². The van der Waals surface area contributed by atoms with Gasteiger partial charge < -0.3 is 4.74 Å². The van der Waals surface area contributed by atoms with Crippen molar-refractivity contribution >= 4 is 34.7 Å². The Hall–Kier alpha value is -3.25. The van der Waals surface area contributed by atoms with Gasteiger partial charge in [-0.05, 0) is 70.6 Å². The smallest absolute Gasteiger partial charge is 0.274 e. The second-order valence-corrected chi connectivity index (χ2v) is 7.20. The van der Waals surface area contributed by atoms with E-state index in [0.717, 1.165) is 15.2 Å². The highest BCUT2D eigenvalue weighted by atomic mass is 127. The third-order valence-electron chi connectivity index (χ3n) is 3.94. The molecule has 29 heavy (non-hydrogen) atoms. The number of hydrazone groups is 1. The number of amides is 1. The average Bonchev–Trinajstić information content (AvgIpc) is 2.74. The first-order valence-electron chi connectivity index (χ1n) is 8.56. The van der Waals surface area contributed by atoms with Crippen LogP contribution in [-0.4, -0.2) is 12.1 Å². The molecule has 5 nitrogen and oxygen atoms in total. The van der Waals surface area contributed by atoms with E-state index in [1.165, 1.54) is 18.3 Å². The van der Waals surface area contributed by atoms with Crippen LogP contribution < -0.4 is 10.2 Å². The van der Waals surface area contributed by atoms with Crippen LogP contribution in [0.3, 0.4) is 0 Å². The number of carbonyl (C=O) groups excluding carboxylic acids is 1. The lowest BCUT2D eigenvalue weighted by Gasteiger charge is -2.09. The van der Waals surface area contributed by atoms with Gasteiger partial charge >= 0.3 is 0 Å². The molecule has 0 heterocycles. The predicted octanol–water partition coefficient (Wildman–Crippen LogP) is 4.64. The number of benzene rings is 3. The van der Waals surface area contributed by atoms with Gasteiger partial charge in [0, 0.05) is 9.13 Å². The standard InChI is InChI=1S/C22H15FIN3O2/c23-20-11-16(12-25)7-10-19(20)22(28)27-26-13-17-3-1-2-4-21(17)29-14-15-5-8-18(24)9-6-15/h1-11,13H,14H2,(H,27,28)/b26-13-. The molecule has 7 heteroatoms. The summed E-state index contributed by atoms with van der Waals surface area (Å²) in [5, 5.41) is 12.7. The topological polar surface area (TPSA) is 74.5 Å². The summed E-state index contributed by atoms with van der Waals surface area (Å²) in [6.07, 6.45) is 1.43. The fourth-order valence-corrected chi connectivity index (χ4v) is 2.81. The number of halogens is 2. The first-order chi connectivity index (χ1) is 14.1. The molecule has 0 unspecified atom stereocenters. The van der Waals surface area contributed by atoms with E-state index in [1.54, 1.807) is 12.1 Å². The summed E-state index contributed by atoms with van der Waals surface area (Å²) in [5.74, 6) is -0.882. The van der Waals surface area contributed by atoms with Crippen LogP contribution in [0.1, 0.15) is 27.0 Å². The lowest BCUT2D eigenvalue weighted by molar-refractivity contribution is 0.0951. The van der Waals surface area contributed by atoms with Crippen LogP contribution in [0.15, 0.2) is 71.8 Å². The third-order valence-corrected chi connectivity index (χ3v) is 4.66. The Morgan fingerprint density at radius 1 is 1.17 bits per heavy atom. The number of nitrogens with zero attached hydrogens (tertiary/aromatic N) is 2. The van der Waals surface area contributed by atoms with Gasteiger partial charge in [0.05, 0.1) is 23.4 Å². The molecule has 3 aromatic carbocycles. The number of nitrogens with one attached hydrogen (secondary N) is 1. The van der Waals surface area contributed by atoms with Gasteiger partial charge in [-0.25, -0.2) is 9.82 Å². The van der Waals surface area contributed by atoms with Gasteiger partial charge in [0.15, 0.2) is 0 Å². The molecule has 0 aliphatic heterocycles. The molecule has 0 saturated heterocycles. The van der Waals surface area contributed by atoms with Crippen molar-refractivity contribution in [3.8, 4) is 11.8 Å². The number of para-hydroxylation sites is 1. The molecule has 0 bridgehead atoms. The molecule has 0 aliphatic rings. The molecule has 3 rings (SSSR count). The second-order valence-electron chi connectivity index (χ2n) is 5.96. The van der Waals surface area contributed by atoms with Gasteiger partial charge in [0.1, 0.15) is 18.2 Å². The highest BCUT2D eigenvalue weighted by Crippen LogP contribution is 2.18. The lowest BCUT2D eigenvalue weighted by atomic mass is 10.1. The summed E-state index contributed by atoms with van der Waals surface area (Å²) in [7, 11) is 0. The van der Waals surface area contributed by atoms with Gasteiger partial charge in [-0.3, -0.25) is 4.79 Å². The molecule has 0 aromatic heterocycles. The van der Waals surface area contributed by atoms with Crippen molar-refractivity contribution < 1.29 is 13.9 Å². The maximum atomic E-state index is 13.9. The second kappa shape index (κ2) is 9.80. The number of nitriles is 1. The van der Waals surface area contributed by atoms with Crippen molar-refractivity contribution in [2.24, 2.45) is 5.10 Å². The van der Waals surface area contributed by atoms with Crippen molar-refractivity contribution in [1.82, 2.24) is 5.43 Å². The number of carbonyl (C=O) groups is 1. The van der Waals surface area contributed by atoms with Crippen LogP contribution >= 0.6 is 22.6 Å². The summed E-state index contributed by atoms with van der Waals surface area (Å²) < 4.78 is 20.9. The molecule has 0 atom stereocenters. The molecule has 0 fully saturated rings. The molecule has 3 aromatic rings. The number of ether oxygens (including phenoxy) is 1. The van der Waals surface area contributed by atoms with E-state index in [2.05, 4.69) is 33.1 Å². The summed E-state index contributed by atoms with van der Waals surface area (Å²) in [6, 6.07) is 20.7. The maximum absolute atomic E-state index is 13.9. The summed E-state index contributed by atoms with van der Waals surface area (Å²) >= 11 is 2.24. The van der Waals surface area contributed by atoms with E-state index in [0.29, 0.717) is 17.9 Å². The monoisotopic (exact) mass is 499 g/mol. The number of hydrogen-bond acceptors (Lipinski definition) is 4. The lowest BCUT2D eigenvalue weighted by Crippen LogP contribution is -2.19. The Balaban J connectivity index is 1.65. The molecule has 0 aliphatic carbocycles. The van der Waals surface area contributed by atoms with E-state index in [4.69, 9.17) is 10.00 Å². The van der Waals surface area contributed by atoms with Crippen LogP contribution in [0, 0.1) is 20.7 Å². The normalized spacial score (nSPS) is 10.5. The van der Waals surface area contributed by atoms with Crippen LogP contribution in [0.25, 0.3) is 0 Å². The Kier molecular flexibility index (Phi) is 6.92. The van der Waals surface area contributed by atoms with Crippen LogP contribution in [0.5, 0.6) is 5.75 Å². The predicted molar refractivity (Wildman–Crippen MR) is 116 cm³/mol. The van der Waals surface area contributed by atoms with Crippen LogP contribution in [0.2, 0.25) is 0 Å². The highest BCUT2D eigenvalue weighted by molar-refractivity contribution is 14.1. The molecule has 1 amide bonds. The van der Waals surface area contributed by atoms with Crippen molar-refractivity contribution in [2.75, 3.05) is 0 Å². The van der Waals surface area contributed by atoms with Gasteiger partial charge in [-0.15, -0.1) is 0 Å². The van der Waals surface area contributed by atoms with Crippen LogP contribution in [-0.2, 0) is 6.61 Å². The fourth-order valence-electron chi connectivity index (χ4n) is 2.45. The molecule has 0 radical (unpaired) electrons. The van der Waals surface area contributed by atoms with E-state index in [9.17, 15) is 9.18 Å². The van der Waals surface area contributed by atoms with E-state index < -0.39 is 11.7 Å². The van der Waals surface area contributed by atoms with E-state index in [1.807, 2.05) is 42.5 Å². The molecule has 0 saturated carbocycles. The minimum absolute atomic E-state index is 0.141. The SMILES string of the molecule is N#Cc1ccc(C(=O)N/N=C\c2ccccc2OCc2ccc(I)cc2)c(F)c1. The molecular formula is C22H15FIN3O2. The van der Waals surface area contributed by atoms with Gasteiger partial charge in [-0.1, -0.05) is 24.3 Å². The van der Waals surface area contributed by atoms with Crippen molar-refractivity contribution in [2.45, 2.75) is 6.61 Å². The molecule has 144 valence electrons. The quantitative estimate of drug-likeness (QED) is 0.305. The third kappa shape index (κ3) is 5.62. The Labute approximate surface area is 181 Å². The number of hydrogen-bond donors (Lipinski definition) is 1. The van der Waals surface area contributed by atoms with Gasteiger partial charge in [0.25, 0.3) is 5.91 Å². The maximum Gasteiger partial charge on any atom is 0.274 e. The van der Waals surface area contributed by atoms with Crippen molar-refractivity contribution in [1.29, 1.82) is 5.26 Å². The minimum Gasteiger partial charge on any atom is -0.488 e. The molecular weight excluding hydrogens is 484 g/mol. The van der Waals surface area contributed by atoms with Crippen LogP contribution in [0.4, 0.5) is 4.39 Å².